The summed E-state index contributed by atoms with van der Waals surface area (Å²) in [7, 11) is 0. The molecule has 0 radical (unpaired) electrons. The number of carbonyl (C=O) groups is 1. The summed E-state index contributed by atoms with van der Waals surface area (Å²) in [4.78, 5) is 12.5. The zero-order chi connectivity index (χ0) is 16.9. The lowest BCUT2D eigenvalue weighted by Crippen LogP contribution is -2.54. The zero-order valence-corrected chi connectivity index (χ0v) is 16.0. The second-order valence-corrected chi connectivity index (χ2v) is 9.85. The van der Waals surface area contributed by atoms with Crippen LogP contribution in [0.2, 0.25) is 0 Å². The highest BCUT2D eigenvalue weighted by Gasteiger charge is 2.60. The number of hydrogen-bond donors (Lipinski definition) is 0. The van der Waals surface area contributed by atoms with E-state index in [0.29, 0.717) is 23.2 Å². The van der Waals surface area contributed by atoms with Crippen molar-refractivity contribution in [2.75, 3.05) is 6.61 Å². The molecule has 4 rings (SSSR count). The van der Waals surface area contributed by atoms with Gasteiger partial charge in [0, 0.05) is 18.4 Å². The third kappa shape index (κ3) is 2.42. The van der Waals surface area contributed by atoms with Crippen LogP contribution in [-0.4, -0.2) is 18.5 Å². The van der Waals surface area contributed by atoms with E-state index >= 15 is 0 Å². The van der Waals surface area contributed by atoms with E-state index in [1.807, 2.05) is 0 Å². The summed E-state index contributed by atoms with van der Waals surface area (Å²) in [6, 6.07) is 0. The molecule has 0 spiro atoms. The minimum Gasteiger partial charge on any atom is -0.378 e. The Morgan fingerprint density at radius 3 is 2.62 bits per heavy atom. The van der Waals surface area contributed by atoms with Crippen molar-refractivity contribution in [2.45, 2.75) is 91.1 Å². The summed E-state index contributed by atoms with van der Waals surface area (Å²) >= 11 is 0. The highest BCUT2D eigenvalue weighted by atomic mass is 16.5. The van der Waals surface area contributed by atoms with E-state index in [4.69, 9.17) is 4.74 Å². The van der Waals surface area contributed by atoms with Gasteiger partial charge in [-0.25, -0.2) is 0 Å². The van der Waals surface area contributed by atoms with Crippen molar-refractivity contribution in [3.8, 4) is 0 Å². The van der Waals surface area contributed by atoms with E-state index < -0.39 is 0 Å². The molecule has 4 aliphatic carbocycles. The van der Waals surface area contributed by atoms with Gasteiger partial charge in [-0.2, -0.15) is 0 Å². The highest BCUT2D eigenvalue weighted by molar-refractivity contribution is 5.87. The van der Waals surface area contributed by atoms with Crippen molar-refractivity contribution in [3.63, 3.8) is 0 Å². The van der Waals surface area contributed by atoms with Crippen LogP contribution in [0.3, 0.4) is 0 Å². The second kappa shape index (κ2) is 6.11. The Morgan fingerprint density at radius 1 is 1.04 bits per heavy atom. The summed E-state index contributed by atoms with van der Waals surface area (Å²) in [6.07, 6.45) is 12.8. The molecule has 136 valence electrons. The van der Waals surface area contributed by atoms with E-state index in [1.165, 1.54) is 44.9 Å². The Hall–Kier alpha value is -0.370. The third-order valence-electron chi connectivity index (χ3n) is 8.84. The van der Waals surface area contributed by atoms with Crippen molar-refractivity contribution in [1.82, 2.24) is 0 Å². The van der Waals surface area contributed by atoms with Crippen LogP contribution in [0.15, 0.2) is 0 Å². The van der Waals surface area contributed by atoms with E-state index in [1.54, 1.807) is 0 Å². The fourth-order valence-electron chi connectivity index (χ4n) is 7.50. The van der Waals surface area contributed by atoms with Gasteiger partial charge in [-0.1, -0.05) is 20.8 Å². The molecule has 4 aliphatic rings. The maximum atomic E-state index is 12.5. The van der Waals surface area contributed by atoms with Gasteiger partial charge >= 0.3 is 0 Å². The first kappa shape index (κ1) is 17.1. The minimum atomic E-state index is 0.0249. The molecule has 0 amide bonds. The average Bonchev–Trinajstić information content (AvgIpc) is 2.87. The first-order valence-electron chi connectivity index (χ1n) is 10.6. The molecule has 2 nitrogen and oxygen atoms in total. The largest absolute Gasteiger partial charge is 0.378 e. The van der Waals surface area contributed by atoms with Gasteiger partial charge in [0.05, 0.1) is 6.10 Å². The van der Waals surface area contributed by atoms with Crippen molar-refractivity contribution in [3.05, 3.63) is 0 Å². The predicted octanol–water partition coefficient (Wildman–Crippen LogP) is 5.39. The maximum Gasteiger partial charge on any atom is 0.139 e. The lowest BCUT2D eigenvalue weighted by Gasteiger charge is -2.60. The number of Topliss-reactive ketones (excluding diaryl/α,β-unsaturated/α-hetero) is 1. The van der Waals surface area contributed by atoms with Gasteiger partial charge in [0.15, 0.2) is 0 Å². The quantitative estimate of drug-likeness (QED) is 0.692. The molecular formula is C22H36O2. The van der Waals surface area contributed by atoms with Gasteiger partial charge in [0.1, 0.15) is 5.78 Å². The van der Waals surface area contributed by atoms with Gasteiger partial charge in [0.2, 0.25) is 0 Å². The Labute approximate surface area is 148 Å². The summed E-state index contributed by atoms with van der Waals surface area (Å²) in [6.45, 7) is 8.03. The first-order chi connectivity index (χ1) is 11.5. The van der Waals surface area contributed by atoms with Gasteiger partial charge in [-0.05, 0) is 86.9 Å². The molecule has 7 atom stereocenters. The molecular weight excluding hydrogens is 296 g/mol. The van der Waals surface area contributed by atoms with E-state index in [9.17, 15) is 4.79 Å². The molecule has 2 heteroatoms. The van der Waals surface area contributed by atoms with Crippen molar-refractivity contribution >= 4 is 5.78 Å². The van der Waals surface area contributed by atoms with Crippen LogP contribution in [0.25, 0.3) is 0 Å². The SMILES string of the molecule is CCCOC1CCC2CCC3C4CCC(=O)C4(C)CCC3C2(C)C1. The Kier molecular flexibility index (Phi) is 4.34. The number of rotatable bonds is 3. The van der Waals surface area contributed by atoms with E-state index in [-0.39, 0.29) is 5.41 Å². The van der Waals surface area contributed by atoms with Crippen LogP contribution in [0.5, 0.6) is 0 Å². The number of ether oxygens (including phenoxy) is 1. The van der Waals surface area contributed by atoms with Crippen LogP contribution in [0.4, 0.5) is 0 Å². The molecule has 0 saturated heterocycles. The fraction of sp³-hybridized carbons (Fsp3) is 0.955. The molecule has 0 heterocycles. The smallest absolute Gasteiger partial charge is 0.139 e. The highest BCUT2D eigenvalue weighted by Crippen LogP contribution is 2.65. The van der Waals surface area contributed by atoms with Gasteiger partial charge < -0.3 is 4.74 Å². The van der Waals surface area contributed by atoms with Crippen molar-refractivity contribution in [1.29, 1.82) is 0 Å². The van der Waals surface area contributed by atoms with Crippen molar-refractivity contribution < 1.29 is 9.53 Å². The average molecular weight is 333 g/mol. The Bertz CT molecular complexity index is 500. The number of hydrogen-bond acceptors (Lipinski definition) is 2. The number of carbonyl (C=O) groups excluding carboxylic acids is 1. The van der Waals surface area contributed by atoms with Gasteiger partial charge in [0.25, 0.3) is 0 Å². The molecule has 24 heavy (non-hydrogen) atoms. The molecule has 0 N–H and O–H groups in total. The van der Waals surface area contributed by atoms with Crippen LogP contribution in [0.1, 0.15) is 85.0 Å². The third-order valence-corrected chi connectivity index (χ3v) is 8.84. The molecule has 4 fully saturated rings. The predicted molar refractivity (Wildman–Crippen MR) is 96.8 cm³/mol. The standard InChI is InChI=1S/C22H36O2/c1-4-13-24-16-7-5-15-6-8-17-18-9-10-20(23)21(18,2)12-11-19(17)22(15,3)14-16/h15-19H,4-14H2,1-3H3. The summed E-state index contributed by atoms with van der Waals surface area (Å²) in [5.41, 5.74) is 0.490. The molecule has 4 saturated carbocycles. The molecule has 0 aliphatic heterocycles. The van der Waals surface area contributed by atoms with Crippen LogP contribution >= 0.6 is 0 Å². The monoisotopic (exact) mass is 332 g/mol. The molecule has 0 aromatic carbocycles. The second-order valence-electron chi connectivity index (χ2n) is 9.85. The van der Waals surface area contributed by atoms with E-state index in [0.717, 1.165) is 43.6 Å². The van der Waals surface area contributed by atoms with Gasteiger partial charge in [-0.3, -0.25) is 4.79 Å². The molecule has 7 unspecified atom stereocenters. The topological polar surface area (TPSA) is 26.3 Å². The lowest BCUT2D eigenvalue weighted by atomic mass is 9.45. The van der Waals surface area contributed by atoms with Crippen molar-refractivity contribution in [2.24, 2.45) is 34.5 Å². The van der Waals surface area contributed by atoms with Crippen LogP contribution in [-0.2, 0) is 9.53 Å². The normalized spacial score (nSPS) is 51.0. The van der Waals surface area contributed by atoms with E-state index in [2.05, 4.69) is 20.8 Å². The molecule has 0 bridgehead atoms. The lowest BCUT2D eigenvalue weighted by molar-refractivity contribution is -0.147. The maximum absolute atomic E-state index is 12.5. The molecule has 0 aromatic heterocycles. The first-order valence-corrected chi connectivity index (χ1v) is 10.6. The molecule has 0 aromatic rings. The zero-order valence-electron chi connectivity index (χ0n) is 16.0. The Balaban J connectivity index is 1.56. The summed E-state index contributed by atoms with van der Waals surface area (Å²) < 4.78 is 6.20. The summed E-state index contributed by atoms with van der Waals surface area (Å²) in [5.74, 6) is 3.81. The van der Waals surface area contributed by atoms with Gasteiger partial charge in [-0.15, -0.1) is 0 Å². The Morgan fingerprint density at radius 2 is 1.83 bits per heavy atom. The van der Waals surface area contributed by atoms with Crippen LogP contribution < -0.4 is 0 Å². The summed E-state index contributed by atoms with van der Waals surface area (Å²) in [5, 5.41) is 0. The minimum absolute atomic E-state index is 0.0249. The number of fused-ring (bicyclic) bond motifs is 5. The van der Waals surface area contributed by atoms with Crippen LogP contribution in [0, 0.1) is 34.5 Å². The fourth-order valence-corrected chi connectivity index (χ4v) is 7.50. The number of ketones is 1.